The van der Waals surface area contributed by atoms with Gasteiger partial charge in [-0.15, -0.1) is 0 Å². The maximum Gasteiger partial charge on any atom is 0.223 e. The summed E-state index contributed by atoms with van der Waals surface area (Å²) < 4.78 is 19.1. The first-order valence-corrected chi connectivity index (χ1v) is 7.21. The minimum absolute atomic E-state index is 0.0715. The van der Waals surface area contributed by atoms with E-state index in [4.69, 9.17) is 16.3 Å². The fourth-order valence-electron chi connectivity index (χ4n) is 1.80. The SMILES string of the molecule is CC(C)CNCc1cccnc1Oc1ccc(Cl)c(F)c1. The number of aromatic nitrogens is 1. The molecule has 0 bridgehead atoms. The Hall–Kier alpha value is -1.65. The summed E-state index contributed by atoms with van der Waals surface area (Å²) in [6.07, 6.45) is 1.65. The molecule has 0 amide bonds. The van der Waals surface area contributed by atoms with Crippen LogP contribution in [0.25, 0.3) is 0 Å². The molecule has 0 unspecified atom stereocenters. The van der Waals surface area contributed by atoms with Gasteiger partial charge in [0, 0.05) is 24.4 Å². The second-order valence-electron chi connectivity index (χ2n) is 5.17. The number of nitrogens with one attached hydrogen (secondary N) is 1. The molecule has 21 heavy (non-hydrogen) atoms. The molecule has 2 rings (SSSR count). The third-order valence-electron chi connectivity index (χ3n) is 2.82. The van der Waals surface area contributed by atoms with Gasteiger partial charge in [-0.1, -0.05) is 31.5 Å². The van der Waals surface area contributed by atoms with Crippen molar-refractivity contribution in [2.24, 2.45) is 5.92 Å². The van der Waals surface area contributed by atoms with Gasteiger partial charge in [-0.3, -0.25) is 0 Å². The fraction of sp³-hybridized carbons (Fsp3) is 0.312. The van der Waals surface area contributed by atoms with Gasteiger partial charge in [0.1, 0.15) is 11.6 Å². The third kappa shape index (κ3) is 4.69. The topological polar surface area (TPSA) is 34.2 Å². The number of pyridine rings is 1. The monoisotopic (exact) mass is 308 g/mol. The number of hydrogen-bond acceptors (Lipinski definition) is 3. The first-order chi connectivity index (χ1) is 10.1. The van der Waals surface area contributed by atoms with Crippen LogP contribution in [0.1, 0.15) is 19.4 Å². The quantitative estimate of drug-likeness (QED) is 0.858. The molecular formula is C16H18ClFN2O. The summed E-state index contributed by atoms with van der Waals surface area (Å²) in [6, 6.07) is 8.11. The van der Waals surface area contributed by atoms with Crippen molar-refractivity contribution in [1.82, 2.24) is 10.3 Å². The van der Waals surface area contributed by atoms with Crippen LogP contribution >= 0.6 is 11.6 Å². The molecule has 112 valence electrons. The molecule has 1 aromatic carbocycles. The second kappa shape index (κ2) is 7.38. The Morgan fingerprint density at radius 1 is 1.33 bits per heavy atom. The molecule has 0 saturated heterocycles. The van der Waals surface area contributed by atoms with E-state index >= 15 is 0 Å². The van der Waals surface area contributed by atoms with Gasteiger partial charge in [-0.05, 0) is 30.7 Å². The van der Waals surface area contributed by atoms with E-state index in [1.165, 1.54) is 12.1 Å². The Balaban J connectivity index is 2.10. The summed E-state index contributed by atoms with van der Waals surface area (Å²) in [5, 5.41) is 3.40. The molecule has 0 atom stereocenters. The lowest BCUT2D eigenvalue weighted by Crippen LogP contribution is -2.19. The van der Waals surface area contributed by atoms with E-state index in [9.17, 15) is 4.39 Å². The predicted octanol–water partition coefficient (Wildman–Crippen LogP) is 4.41. The van der Waals surface area contributed by atoms with Crippen LogP contribution in [0.15, 0.2) is 36.5 Å². The number of halogens is 2. The highest BCUT2D eigenvalue weighted by molar-refractivity contribution is 6.30. The van der Waals surface area contributed by atoms with Crippen molar-refractivity contribution in [3.05, 3.63) is 52.9 Å². The number of ether oxygens (including phenoxy) is 1. The van der Waals surface area contributed by atoms with Crippen LogP contribution < -0.4 is 10.1 Å². The fourth-order valence-corrected chi connectivity index (χ4v) is 1.92. The van der Waals surface area contributed by atoms with Crippen LogP contribution in [0.5, 0.6) is 11.6 Å². The maximum atomic E-state index is 13.4. The summed E-state index contributed by atoms with van der Waals surface area (Å²) >= 11 is 5.66. The van der Waals surface area contributed by atoms with Crippen LogP contribution in [0, 0.1) is 11.7 Å². The Kier molecular flexibility index (Phi) is 5.53. The van der Waals surface area contributed by atoms with Gasteiger partial charge in [0.15, 0.2) is 0 Å². The maximum absolute atomic E-state index is 13.4. The number of nitrogens with zero attached hydrogens (tertiary/aromatic N) is 1. The first kappa shape index (κ1) is 15.7. The van der Waals surface area contributed by atoms with Crippen molar-refractivity contribution in [3.63, 3.8) is 0 Å². The van der Waals surface area contributed by atoms with Gasteiger partial charge in [-0.2, -0.15) is 0 Å². The molecule has 1 aromatic heterocycles. The summed E-state index contributed by atoms with van der Waals surface area (Å²) in [5.41, 5.74) is 0.925. The third-order valence-corrected chi connectivity index (χ3v) is 3.13. The highest BCUT2D eigenvalue weighted by atomic mass is 35.5. The van der Waals surface area contributed by atoms with Gasteiger partial charge in [0.25, 0.3) is 0 Å². The van der Waals surface area contributed by atoms with Crippen LogP contribution in [0.3, 0.4) is 0 Å². The summed E-state index contributed by atoms with van der Waals surface area (Å²) in [5.74, 6) is 0.900. The van der Waals surface area contributed by atoms with Gasteiger partial charge in [0.2, 0.25) is 5.88 Å². The largest absolute Gasteiger partial charge is 0.439 e. The molecule has 0 saturated carbocycles. The smallest absolute Gasteiger partial charge is 0.223 e. The van der Waals surface area contributed by atoms with E-state index < -0.39 is 5.82 Å². The average Bonchev–Trinajstić information content (AvgIpc) is 2.44. The lowest BCUT2D eigenvalue weighted by atomic mass is 10.2. The highest BCUT2D eigenvalue weighted by Crippen LogP contribution is 2.26. The average molecular weight is 309 g/mol. The predicted molar refractivity (Wildman–Crippen MR) is 82.3 cm³/mol. The zero-order chi connectivity index (χ0) is 15.2. The minimum Gasteiger partial charge on any atom is -0.439 e. The Morgan fingerprint density at radius 3 is 2.86 bits per heavy atom. The number of rotatable bonds is 6. The lowest BCUT2D eigenvalue weighted by Gasteiger charge is -2.12. The zero-order valence-corrected chi connectivity index (χ0v) is 12.8. The van der Waals surface area contributed by atoms with Crippen LogP contribution in [0.4, 0.5) is 4.39 Å². The molecule has 0 aliphatic carbocycles. The molecule has 0 aliphatic rings. The number of hydrogen-bond donors (Lipinski definition) is 1. The zero-order valence-electron chi connectivity index (χ0n) is 12.1. The Labute approximate surface area is 129 Å². The first-order valence-electron chi connectivity index (χ1n) is 6.84. The van der Waals surface area contributed by atoms with Crippen molar-refractivity contribution < 1.29 is 9.13 Å². The molecule has 1 N–H and O–H groups in total. The van der Waals surface area contributed by atoms with E-state index in [0.717, 1.165) is 12.1 Å². The van der Waals surface area contributed by atoms with Crippen LogP contribution in [-0.4, -0.2) is 11.5 Å². The van der Waals surface area contributed by atoms with Crippen molar-refractivity contribution in [3.8, 4) is 11.6 Å². The Morgan fingerprint density at radius 2 is 2.14 bits per heavy atom. The van der Waals surface area contributed by atoms with Gasteiger partial charge < -0.3 is 10.1 Å². The van der Waals surface area contributed by atoms with E-state index in [-0.39, 0.29) is 5.02 Å². The number of benzene rings is 1. The van der Waals surface area contributed by atoms with E-state index in [1.54, 1.807) is 12.3 Å². The van der Waals surface area contributed by atoms with Crippen molar-refractivity contribution in [1.29, 1.82) is 0 Å². The van der Waals surface area contributed by atoms with E-state index in [1.807, 2.05) is 12.1 Å². The van der Waals surface area contributed by atoms with Gasteiger partial charge in [0.05, 0.1) is 5.02 Å². The van der Waals surface area contributed by atoms with E-state index in [2.05, 4.69) is 24.1 Å². The van der Waals surface area contributed by atoms with Crippen LogP contribution in [0.2, 0.25) is 5.02 Å². The van der Waals surface area contributed by atoms with Gasteiger partial charge in [-0.25, -0.2) is 9.37 Å². The summed E-state index contributed by atoms with van der Waals surface area (Å²) in [6.45, 7) is 5.84. The molecule has 0 aliphatic heterocycles. The van der Waals surface area contributed by atoms with Crippen molar-refractivity contribution >= 4 is 11.6 Å². The summed E-state index contributed by atoms with van der Waals surface area (Å²) in [4.78, 5) is 4.21. The molecule has 3 nitrogen and oxygen atoms in total. The van der Waals surface area contributed by atoms with Crippen molar-refractivity contribution in [2.75, 3.05) is 6.54 Å². The van der Waals surface area contributed by atoms with E-state index in [0.29, 0.717) is 24.1 Å². The van der Waals surface area contributed by atoms with Crippen molar-refractivity contribution in [2.45, 2.75) is 20.4 Å². The van der Waals surface area contributed by atoms with Crippen LogP contribution in [-0.2, 0) is 6.54 Å². The normalized spacial score (nSPS) is 10.9. The molecule has 0 fully saturated rings. The van der Waals surface area contributed by atoms with Gasteiger partial charge >= 0.3 is 0 Å². The molecule has 2 aromatic rings. The highest BCUT2D eigenvalue weighted by Gasteiger charge is 2.08. The standard InChI is InChI=1S/C16H18ClFN2O/c1-11(2)9-19-10-12-4-3-7-20-16(12)21-13-5-6-14(17)15(18)8-13/h3-8,11,19H,9-10H2,1-2H3. The lowest BCUT2D eigenvalue weighted by molar-refractivity contribution is 0.446. The Bertz CT molecular complexity index is 605. The molecule has 5 heteroatoms. The molecular weight excluding hydrogens is 291 g/mol. The summed E-state index contributed by atoms with van der Waals surface area (Å²) in [7, 11) is 0. The second-order valence-corrected chi connectivity index (χ2v) is 5.58. The molecule has 0 radical (unpaired) electrons. The molecule has 1 heterocycles. The molecule has 0 spiro atoms. The minimum atomic E-state index is -0.510.